The molecule has 3 aromatic carbocycles. The van der Waals surface area contributed by atoms with Gasteiger partial charge in [-0.25, -0.2) is 0 Å². The van der Waals surface area contributed by atoms with Crippen LogP contribution in [0, 0.1) is 0 Å². The van der Waals surface area contributed by atoms with Gasteiger partial charge >= 0.3 is 0 Å². The maximum atomic E-state index is 5.20. The molecule has 0 amide bonds. The molecule has 26 heavy (non-hydrogen) atoms. The van der Waals surface area contributed by atoms with E-state index < -0.39 is 0 Å². The summed E-state index contributed by atoms with van der Waals surface area (Å²) in [4.78, 5) is 0. The Labute approximate surface area is 154 Å². The summed E-state index contributed by atoms with van der Waals surface area (Å²) in [6.45, 7) is 2.00. The number of benzene rings is 3. The van der Waals surface area contributed by atoms with E-state index in [2.05, 4.69) is 46.6 Å². The van der Waals surface area contributed by atoms with Gasteiger partial charge in [0.1, 0.15) is 11.5 Å². The van der Waals surface area contributed by atoms with Gasteiger partial charge in [0.05, 0.1) is 7.11 Å². The van der Waals surface area contributed by atoms with Crippen LogP contribution in [0.1, 0.15) is 23.6 Å². The van der Waals surface area contributed by atoms with Crippen LogP contribution >= 0.6 is 0 Å². The number of methoxy groups -OCH3 is 1. The molecule has 0 bridgehead atoms. The largest absolute Gasteiger partial charge is 0.497 e. The van der Waals surface area contributed by atoms with Crippen molar-refractivity contribution in [3.05, 3.63) is 102 Å². The Hall–Kier alpha value is -3.20. The van der Waals surface area contributed by atoms with Crippen LogP contribution < -0.4 is 4.74 Å². The molecule has 3 aromatic rings. The van der Waals surface area contributed by atoms with E-state index in [9.17, 15) is 0 Å². The van der Waals surface area contributed by atoms with Gasteiger partial charge in [-0.05, 0) is 24.6 Å². The van der Waals surface area contributed by atoms with Crippen LogP contribution in [-0.2, 0) is 6.42 Å². The minimum Gasteiger partial charge on any atom is -0.497 e. The third kappa shape index (κ3) is 4.67. The highest BCUT2D eigenvalue weighted by atomic mass is 16.5. The summed E-state index contributed by atoms with van der Waals surface area (Å²) in [5.41, 5.74) is 5.13. The second-order valence-electron chi connectivity index (χ2n) is 6.04. The molecule has 0 atom stereocenters. The third-order valence-corrected chi connectivity index (χ3v) is 4.03. The Morgan fingerprint density at radius 2 is 1.27 bits per heavy atom. The molecule has 130 valence electrons. The monoisotopic (exact) mass is 342 g/mol. The molecule has 0 aliphatic carbocycles. The fraction of sp³-hybridized carbons (Fsp3) is 0.130. The lowest BCUT2D eigenvalue weighted by Crippen LogP contribution is -2.04. The van der Waals surface area contributed by atoms with Gasteiger partial charge in [0, 0.05) is 23.3 Å². The molecule has 0 unspecified atom stereocenters. The van der Waals surface area contributed by atoms with Crippen molar-refractivity contribution >= 4 is 11.4 Å². The molecule has 0 aliphatic rings. The van der Waals surface area contributed by atoms with Crippen molar-refractivity contribution in [3.63, 3.8) is 0 Å². The lowest BCUT2D eigenvalue weighted by Gasteiger charge is -2.06. The summed E-state index contributed by atoms with van der Waals surface area (Å²) in [5.74, 6) is 0.858. The highest BCUT2D eigenvalue weighted by Crippen LogP contribution is 2.13. The number of ether oxygens (including phenoxy) is 1. The average molecular weight is 342 g/mol. The van der Waals surface area contributed by atoms with Crippen molar-refractivity contribution in [2.45, 2.75) is 13.3 Å². The van der Waals surface area contributed by atoms with Crippen molar-refractivity contribution in [1.29, 1.82) is 0 Å². The standard InChI is InChI=1S/C23H22N2O/c1-18(17-19-13-15-22(26-2)16-14-19)24-25-23(20-9-5-3-6-10-20)21-11-7-4-8-12-21/h3-16H,17H2,1-2H3. The second-order valence-corrected chi connectivity index (χ2v) is 6.04. The fourth-order valence-electron chi connectivity index (χ4n) is 2.68. The number of rotatable bonds is 6. The molecule has 0 aromatic heterocycles. The zero-order valence-electron chi connectivity index (χ0n) is 15.1. The minimum absolute atomic E-state index is 0.754. The molecule has 3 rings (SSSR count). The fourth-order valence-corrected chi connectivity index (χ4v) is 2.68. The number of hydrogen-bond acceptors (Lipinski definition) is 3. The summed E-state index contributed by atoms with van der Waals surface area (Å²) in [5, 5.41) is 9.06. The maximum Gasteiger partial charge on any atom is 0.118 e. The first-order chi connectivity index (χ1) is 12.8. The molecular weight excluding hydrogens is 320 g/mol. The third-order valence-electron chi connectivity index (χ3n) is 4.03. The van der Waals surface area contributed by atoms with E-state index in [0.717, 1.165) is 34.7 Å². The van der Waals surface area contributed by atoms with Crippen LogP contribution in [0.15, 0.2) is 95.1 Å². The van der Waals surface area contributed by atoms with Gasteiger partial charge in [-0.3, -0.25) is 0 Å². The van der Waals surface area contributed by atoms with Crippen molar-refractivity contribution in [1.82, 2.24) is 0 Å². The van der Waals surface area contributed by atoms with Crippen LogP contribution in [0.4, 0.5) is 0 Å². The van der Waals surface area contributed by atoms with E-state index >= 15 is 0 Å². The Morgan fingerprint density at radius 3 is 1.77 bits per heavy atom. The maximum absolute atomic E-state index is 5.20. The molecule has 3 heteroatoms. The number of hydrogen-bond donors (Lipinski definition) is 0. The minimum atomic E-state index is 0.754. The van der Waals surface area contributed by atoms with E-state index in [1.165, 1.54) is 5.56 Å². The van der Waals surface area contributed by atoms with Crippen LogP contribution in [0.5, 0.6) is 5.75 Å². The first-order valence-electron chi connectivity index (χ1n) is 8.61. The molecular formula is C23H22N2O. The Bertz CT molecular complexity index is 841. The highest BCUT2D eigenvalue weighted by Gasteiger charge is 2.06. The predicted molar refractivity (Wildman–Crippen MR) is 108 cm³/mol. The first-order valence-corrected chi connectivity index (χ1v) is 8.61. The van der Waals surface area contributed by atoms with E-state index in [0.29, 0.717) is 0 Å². The molecule has 0 N–H and O–H groups in total. The van der Waals surface area contributed by atoms with E-state index in [1.54, 1.807) is 7.11 Å². The zero-order valence-corrected chi connectivity index (χ0v) is 15.1. The molecule has 0 radical (unpaired) electrons. The van der Waals surface area contributed by atoms with Crippen molar-refractivity contribution < 1.29 is 4.74 Å². The number of nitrogens with zero attached hydrogens (tertiary/aromatic N) is 2. The van der Waals surface area contributed by atoms with Crippen LogP contribution in [-0.4, -0.2) is 18.5 Å². The van der Waals surface area contributed by atoms with Crippen LogP contribution in [0.25, 0.3) is 0 Å². The molecule has 0 saturated carbocycles. The molecule has 0 spiro atoms. The summed E-state index contributed by atoms with van der Waals surface area (Å²) >= 11 is 0. The Kier molecular flexibility index (Phi) is 5.94. The van der Waals surface area contributed by atoms with Gasteiger partial charge in [0.15, 0.2) is 0 Å². The summed E-state index contributed by atoms with van der Waals surface area (Å²) in [6, 6.07) is 28.3. The smallest absolute Gasteiger partial charge is 0.118 e. The van der Waals surface area contributed by atoms with Gasteiger partial charge in [0.2, 0.25) is 0 Å². The van der Waals surface area contributed by atoms with Crippen LogP contribution in [0.2, 0.25) is 0 Å². The summed E-state index contributed by atoms with van der Waals surface area (Å²) < 4.78 is 5.20. The van der Waals surface area contributed by atoms with E-state index in [4.69, 9.17) is 4.74 Å². The summed E-state index contributed by atoms with van der Waals surface area (Å²) in [6.07, 6.45) is 0.754. The van der Waals surface area contributed by atoms with Crippen LogP contribution in [0.3, 0.4) is 0 Å². The van der Waals surface area contributed by atoms with Gasteiger partial charge in [-0.1, -0.05) is 72.8 Å². The van der Waals surface area contributed by atoms with Crippen molar-refractivity contribution in [2.24, 2.45) is 10.2 Å². The molecule has 0 aliphatic heterocycles. The van der Waals surface area contributed by atoms with Gasteiger partial charge in [-0.2, -0.15) is 5.10 Å². The Morgan fingerprint density at radius 1 is 0.731 bits per heavy atom. The van der Waals surface area contributed by atoms with Gasteiger partial charge < -0.3 is 4.74 Å². The normalized spacial score (nSPS) is 11.1. The molecule has 0 saturated heterocycles. The molecule has 0 fully saturated rings. The van der Waals surface area contributed by atoms with Crippen molar-refractivity contribution in [3.8, 4) is 5.75 Å². The average Bonchev–Trinajstić information content (AvgIpc) is 2.70. The van der Waals surface area contributed by atoms with E-state index in [1.807, 2.05) is 55.5 Å². The molecule has 3 nitrogen and oxygen atoms in total. The highest BCUT2D eigenvalue weighted by molar-refractivity contribution is 6.13. The van der Waals surface area contributed by atoms with Crippen molar-refractivity contribution in [2.75, 3.05) is 7.11 Å². The lowest BCUT2D eigenvalue weighted by molar-refractivity contribution is 0.414. The van der Waals surface area contributed by atoms with E-state index in [-0.39, 0.29) is 0 Å². The Balaban J connectivity index is 1.86. The summed E-state index contributed by atoms with van der Waals surface area (Å²) in [7, 11) is 1.67. The lowest BCUT2D eigenvalue weighted by atomic mass is 10.0. The quantitative estimate of drug-likeness (QED) is 0.450. The van der Waals surface area contributed by atoms with Gasteiger partial charge in [-0.15, -0.1) is 5.10 Å². The topological polar surface area (TPSA) is 34.0 Å². The predicted octanol–water partition coefficient (Wildman–Crippen LogP) is 5.15. The van der Waals surface area contributed by atoms with Gasteiger partial charge in [0.25, 0.3) is 0 Å². The first kappa shape index (κ1) is 17.6. The second kappa shape index (κ2) is 8.77. The SMILES string of the molecule is COc1ccc(CC(C)=NN=C(c2ccccc2)c2ccccc2)cc1. The zero-order chi connectivity index (χ0) is 18.2. The molecule has 0 heterocycles.